The summed E-state index contributed by atoms with van der Waals surface area (Å²) in [6.45, 7) is 0. The summed E-state index contributed by atoms with van der Waals surface area (Å²) in [6.07, 6.45) is -3.35. The number of carbonyl (C=O) groups is 1. The summed E-state index contributed by atoms with van der Waals surface area (Å²) in [5.74, 6) is -1.49. The van der Waals surface area contributed by atoms with Crippen molar-refractivity contribution in [1.29, 1.82) is 0 Å². The van der Waals surface area contributed by atoms with E-state index in [9.17, 15) is 9.90 Å². The van der Waals surface area contributed by atoms with Crippen LogP contribution in [0, 0.1) is 0 Å². The van der Waals surface area contributed by atoms with E-state index in [1.165, 1.54) is 24.3 Å². The van der Waals surface area contributed by atoms with Gasteiger partial charge in [-0.05, 0) is 17.7 Å². The van der Waals surface area contributed by atoms with Gasteiger partial charge in [-0.2, -0.15) is 0 Å². The minimum absolute atomic E-state index is 0.00534. The molecule has 2 atom stereocenters. The topological polar surface area (TPSA) is 98.0 Å². The van der Waals surface area contributed by atoms with E-state index in [1.807, 2.05) is 0 Å². The molecule has 5 heteroatoms. The lowest BCUT2D eigenvalue weighted by Gasteiger charge is -2.13. The predicted octanol–water partition coefficient (Wildman–Crippen LogP) is -0.129. The van der Waals surface area contributed by atoms with E-state index in [4.69, 9.17) is 15.3 Å². The molecular weight excluding hydrogens is 188 g/mol. The number of hydrogen-bond acceptors (Lipinski definition) is 4. The summed E-state index contributed by atoms with van der Waals surface area (Å²) >= 11 is 0. The second-order valence-corrected chi connectivity index (χ2v) is 2.82. The minimum Gasteiger partial charge on any atom is -0.508 e. The lowest BCUT2D eigenvalue weighted by Crippen LogP contribution is -2.27. The van der Waals surface area contributed by atoms with E-state index < -0.39 is 18.2 Å². The zero-order valence-electron chi connectivity index (χ0n) is 7.16. The number of aliphatic carboxylic acids is 1. The molecule has 76 valence electrons. The lowest BCUT2D eigenvalue weighted by atomic mass is 10.0. The first-order valence-electron chi connectivity index (χ1n) is 3.90. The molecule has 1 aromatic carbocycles. The second kappa shape index (κ2) is 4.08. The molecule has 14 heavy (non-hydrogen) atoms. The fourth-order valence-electron chi connectivity index (χ4n) is 0.989. The fraction of sp³-hybridized carbons (Fsp3) is 0.222. The third kappa shape index (κ3) is 2.21. The maximum absolute atomic E-state index is 10.3. The van der Waals surface area contributed by atoms with Gasteiger partial charge in [0.25, 0.3) is 0 Å². The number of aliphatic hydroxyl groups excluding tert-OH is 2. The van der Waals surface area contributed by atoms with E-state index >= 15 is 0 Å². The Morgan fingerprint density at radius 3 is 2.07 bits per heavy atom. The van der Waals surface area contributed by atoms with Crippen molar-refractivity contribution in [3.8, 4) is 5.75 Å². The third-order valence-electron chi connectivity index (χ3n) is 1.79. The molecular formula is C9H10O5. The van der Waals surface area contributed by atoms with Gasteiger partial charge in [0.05, 0.1) is 0 Å². The monoisotopic (exact) mass is 198 g/mol. The number of hydrogen-bond donors (Lipinski definition) is 4. The van der Waals surface area contributed by atoms with Crippen molar-refractivity contribution in [1.82, 2.24) is 0 Å². The molecule has 1 aromatic rings. The molecule has 0 aliphatic carbocycles. The van der Waals surface area contributed by atoms with Crippen LogP contribution < -0.4 is 0 Å². The molecule has 0 heterocycles. The van der Waals surface area contributed by atoms with E-state index in [2.05, 4.69) is 0 Å². The van der Waals surface area contributed by atoms with Gasteiger partial charge in [-0.15, -0.1) is 0 Å². The van der Waals surface area contributed by atoms with Crippen molar-refractivity contribution in [2.24, 2.45) is 0 Å². The number of carboxylic acid groups (broad SMARTS) is 1. The van der Waals surface area contributed by atoms with Crippen LogP contribution in [0.4, 0.5) is 0 Å². The van der Waals surface area contributed by atoms with Gasteiger partial charge in [-0.1, -0.05) is 12.1 Å². The quantitative estimate of drug-likeness (QED) is 0.542. The summed E-state index contributed by atoms with van der Waals surface area (Å²) in [5.41, 5.74) is 0.234. The zero-order valence-corrected chi connectivity index (χ0v) is 7.16. The molecule has 0 bridgehead atoms. The van der Waals surface area contributed by atoms with Gasteiger partial charge in [0.15, 0.2) is 6.10 Å². The Hall–Kier alpha value is -1.59. The molecule has 0 radical (unpaired) electrons. The summed E-state index contributed by atoms with van der Waals surface area (Å²) < 4.78 is 0. The Kier molecular flexibility index (Phi) is 3.06. The van der Waals surface area contributed by atoms with E-state index in [0.29, 0.717) is 0 Å². The first-order chi connectivity index (χ1) is 6.52. The Morgan fingerprint density at radius 2 is 1.64 bits per heavy atom. The first-order valence-corrected chi connectivity index (χ1v) is 3.90. The average molecular weight is 198 g/mol. The lowest BCUT2D eigenvalue weighted by molar-refractivity contribution is -0.153. The van der Waals surface area contributed by atoms with Gasteiger partial charge in [0.1, 0.15) is 11.9 Å². The molecule has 5 nitrogen and oxygen atoms in total. The zero-order chi connectivity index (χ0) is 10.7. The molecule has 0 spiro atoms. The minimum atomic E-state index is -1.86. The van der Waals surface area contributed by atoms with Crippen molar-refractivity contribution in [2.75, 3.05) is 0 Å². The van der Waals surface area contributed by atoms with Crippen LogP contribution in [-0.4, -0.2) is 32.5 Å². The van der Waals surface area contributed by atoms with Crippen molar-refractivity contribution in [3.05, 3.63) is 29.8 Å². The van der Waals surface area contributed by atoms with Gasteiger partial charge in [0, 0.05) is 0 Å². The number of benzene rings is 1. The third-order valence-corrected chi connectivity index (χ3v) is 1.79. The smallest absolute Gasteiger partial charge is 0.335 e. The Bertz CT molecular complexity index is 318. The van der Waals surface area contributed by atoms with Crippen LogP contribution in [0.5, 0.6) is 5.75 Å². The molecule has 0 aliphatic heterocycles. The highest BCUT2D eigenvalue weighted by molar-refractivity contribution is 5.73. The Morgan fingerprint density at radius 1 is 1.14 bits per heavy atom. The number of phenolic OH excluding ortho intramolecular Hbond substituents is 1. The SMILES string of the molecule is O=C(O)[C@@H](O)[C@@H](O)c1ccc(O)cc1. The maximum atomic E-state index is 10.3. The number of carboxylic acids is 1. The van der Waals surface area contributed by atoms with Crippen LogP contribution in [0.1, 0.15) is 11.7 Å². The van der Waals surface area contributed by atoms with Gasteiger partial charge < -0.3 is 20.4 Å². The summed E-state index contributed by atoms with van der Waals surface area (Å²) in [4.78, 5) is 10.3. The van der Waals surface area contributed by atoms with Crippen molar-refractivity contribution >= 4 is 5.97 Å². The Labute approximate surface area is 79.9 Å². The summed E-state index contributed by atoms with van der Waals surface area (Å²) in [7, 11) is 0. The van der Waals surface area contributed by atoms with Crippen molar-refractivity contribution in [3.63, 3.8) is 0 Å². The standard InChI is InChI=1S/C9H10O5/c10-6-3-1-5(2-4-6)7(11)8(12)9(13)14/h1-4,7-8,10-12H,(H,13,14)/t7-,8-/m0/s1. The molecule has 0 aromatic heterocycles. The molecule has 0 aliphatic rings. The molecule has 0 unspecified atom stereocenters. The average Bonchev–Trinajstić information content (AvgIpc) is 2.16. The van der Waals surface area contributed by atoms with Crippen LogP contribution in [0.3, 0.4) is 0 Å². The van der Waals surface area contributed by atoms with Crippen molar-refractivity contribution in [2.45, 2.75) is 12.2 Å². The highest BCUT2D eigenvalue weighted by atomic mass is 16.4. The molecule has 0 saturated carbocycles. The predicted molar refractivity (Wildman–Crippen MR) is 46.7 cm³/mol. The van der Waals surface area contributed by atoms with Crippen LogP contribution in [-0.2, 0) is 4.79 Å². The molecule has 0 saturated heterocycles. The van der Waals surface area contributed by atoms with Crippen molar-refractivity contribution < 1.29 is 25.2 Å². The van der Waals surface area contributed by atoms with E-state index in [0.717, 1.165) is 0 Å². The largest absolute Gasteiger partial charge is 0.508 e. The van der Waals surface area contributed by atoms with Gasteiger partial charge >= 0.3 is 5.97 Å². The number of phenols is 1. The number of aliphatic hydroxyl groups is 2. The highest BCUT2D eigenvalue weighted by Gasteiger charge is 2.24. The van der Waals surface area contributed by atoms with E-state index in [-0.39, 0.29) is 11.3 Å². The number of aromatic hydroxyl groups is 1. The molecule has 0 fully saturated rings. The molecule has 1 rings (SSSR count). The first kappa shape index (κ1) is 10.5. The maximum Gasteiger partial charge on any atom is 0.335 e. The summed E-state index contributed by atoms with van der Waals surface area (Å²) in [5, 5.41) is 35.7. The fourth-order valence-corrected chi connectivity index (χ4v) is 0.989. The normalized spacial score (nSPS) is 14.7. The van der Waals surface area contributed by atoms with Gasteiger partial charge in [-0.3, -0.25) is 0 Å². The Balaban J connectivity index is 2.84. The molecule has 0 amide bonds. The molecule has 4 N–H and O–H groups in total. The van der Waals surface area contributed by atoms with Crippen LogP contribution in [0.25, 0.3) is 0 Å². The van der Waals surface area contributed by atoms with Gasteiger partial charge in [-0.25, -0.2) is 4.79 Å². The van der Waals surface area contributed by atoms with Gasteiger partial charge in [0.2, 0.25) is 0 Å². The second-order valence-electron chi connectivity index (χ2n) is 2.82. The van der Waals surface area contributed by atoms with Crippen LogP contribution in [0.15, 0.2) is 24.3 Å². The van der Waals surface area contributed by atoms with E-state index in [1.54, 1.807) is 0 Å². The number of rotatable bonds is 3. The summed E-state index contributed by atoms with van der Waals surface area (Å²) in [6, 6.07) is 5.28. The highest BCUT2D eigenvalue weighted by Crippen LogP contribution is 2.19. The van der Waals surface area contributed by atoms with Crippen LogP contribution >= 0.6 is 0 Å². The van der Waals surface area contributed by atoms with Crippen LogP contribution in [0.2, 0.25) is 0 Å².